The van der Waals surface area contributed by atoms with Crippen molar-refractivity contribution in [3.05, 3.63) is 47.6 Å². The maximum absolute atomic E-state index is 13.4. The Kier molecular flexibility index (Phi) is 7.58. The molecule has 3 saturated carbocycles. The van der Waals surface area contributed by atoms with Crippen LogP contribution in [0, 0.1) is 22.7 Å². The molecule has 0 aromatic carbocycles. The lowest BCUT2D eigenvalue weighted by Gasteiger charge is -2.49. The van der Waals surface area contributed by atoms with Crippen LogP contribution in [-0.2, 0) is 0 Å². The Bertz CT molecular complexity index is 1190. The number of alkyl halides is 3. The highest BCUT2D eigenvalue weighted by Gasteiger charge is 2.55. The van der Waals surface area contributed by atoms with Crippen molar-refractivity contribution in [2.45, 2.75) is 135 Å². The molecule has 4 N–H and O–H groups in total. The van der Waals surface area contributed by atoms with Crippen molar-refractivity contribution in [2.24, 2.45) is 22.7 Å². The minimum absolute atomic E-state index is 0.0199. The van der Waals surface area contributed by atoms with Crippen LogP contribution >= 0.6 is 0 Å². The quantitative estimate of drug-likeness (QED) is 0.217. The van der Waals surface area contributed by atoms with Crippen LogP contribution in [-0.4, -0.2) is 50.0 Å². The number of hydrogen-bond acceptors (Lipinski definition) is 4. The van der Waals surface area contributed by atoms with Crippen LogP contribution in [0.4, 0.5) is 13.2 Å². The van der Waals surface area contributed by atoms with Crippen molar-refractivity contribution in [3.8, 4) is 0 Å². The van der Waals surface area contributed by atoms with Crippen molar-refractivity contribution in [3.63, 3.8) is 0 Å². The summed E-state index contributed by atoms with van der Waals surface area (Å²) in [6, 6.07) is 0. The molecule has 3 unspecified atom stereocenters. The van der Waals surface area contributed by atoms with E-state index in [0.29, 0.717) is 18.9 Å². The summed E-state index contributed by atoms with van der Waals surface area (Å²) in [6.07, 6.45) is 4.34. The maximum Gasteiger partial charge on any atom is 0.420 e. The standard InChI is InChI=1S/C33H51F3O4/c1-22-24(20-25(37)21-27(22)38)12-11-23-10-7-18-31(5)26(23)13-14-28(31)30(4,16-8-15-29(2,3)39)17-9-19-32(6,40)33(34,35)36/h9,11-12,19,25-28,37-40H,1,7-8,10,13-18,20-21H2,2-6H3/b19-9-,23-11+,24-12-/t25-,26?,27+,28-,30?,31+,32?/m1/s1/i2D3,3D3. The molecule has 7 heteroatoms. The molecule has 3 rings (SSSR count). The van der Waals surface area contributed by atoms with Gasteiger partial charge < -0.3 is 20.4 Å². The molecule has 40 heavy (non-hydrogen) atoms. The minimum atomic E-state index is -4.88. The SMILES string of the molecule is [2H]C([2H])([2H])C(O)(CCCC(C)(C/C=C\C(C)(O)C(F)(F)F)[C@H]1CCC2/C(=C/C=C3/C[C@@H](O)C[C@H](O)C3=C)CCC[C@@]21C)C([2H])([2H])[2H]. The molecule has 228 valence electrons. The van der Waals surface area contributed by atoms with Crippen molar-refractivity contribution in [1.82, 2.24) is 0 Å². The summed E-state index contributed by atoms with van der Waals surface area (Å²) >= 11 is 0. The number of aliphatic hydroxyl groups excluding tert-OH is 2. The molecule has 0 aromatic heterocycles. The van der Waals surface area contributed by atoms with Crippen molar-refractivity contribution >= 4 is 0 Å². The van der Waals surface area contributed by atoms with Gasteiger partial charge in [-0.05, 0) is 118 Å². The lowest BCUT2D eigenvalue weighted by Crippen LogP contribution is -2.42. The van der Waals surface area contributed by atoms with E-state index in [4.69, 9.17) is 8.22 Å². The van der Waals surface area contributed by atoms with Gasteiger partial charge in [0.25, 0.3) is 0 Å². The second-order valence-corrected chi connectivity index (χ2v) is 13.2. The molecule has 0 spiro atoms. The van der Waals surface area contributed by atoms with Gasteiger partial charge in [-0.15, -0.1) is 0 Å². The van der Waals surface area contributed by atoms with Gasteiger partial charge in [-0.3, -0.25) is 0 Å². The zero-order chi connectivity index (χ0) is 35.1. The number of aliphatic hydroxyl groups is 4. The highest BCUT2D eigenvalue weighted by Crippen LogP contribution is 2.63. The third-order valence-electron chi connectivity index (χ3n) is 9.96. The van der Waals surface area contributed by atoms with Gasteiger partial charge in [0.05, 0.1) is 17.8 Å². The first kappa shape index (κ1) is 25.1. The Balaban J connectivity index is 1.95. The lowest BCUT2D eigenvalue weighted by atomic mass is 9.55. The van der Waals surface area contributed by atoms with Crippen LogP contribution in [0.2, 0.25) is 0 Å². The predicted octanol–water partition coefficient (Wildman–Crippen LogP) is 7.33. The fourth-order valence-electron chi connectivity index (χ4n) is 7.67. The zero-order valence-corrected chi connectivity index (χ0v) is 24.0. The van der Waals surface area contributed by atoms with Crippen LogP contribution in [0.5, 0.6) is 0 Å². The molecule has 3 fully saturated rings. The second-order valence-electron chi connectivity index (χ2n) is 13.2. The van der Waals surface area contributed by atoms with Crippen molar-refractivity contribution in [1.29, 1.82) is 0 Å². The Labute approximate surface area is 247 Å². The fraction of sp³-hybridized carbons (Fsp3) is 0.758. The summed E-state index contributed by atoms with van der Waals surface area (Å²) in [6.45, 7) is 2.43. The number of allylic oxidation sites excluding steroid dienone is 4. The van der Waals surface area contributed by atoms with Gasteiger partial charge >= 0.3 is 6.18 Å². The molecule has 0 aliphatic heterocycles. The van der Waals surface area contributed by atoms with Crippen LogP contribution in [0.25, 0.3) is 0 Å². The average Bonchev–Trinajstić information content (AvgIpc) is 3.26. The Morgan fingerprint density at radius 1 is 1.10 bits per heavy atom. The predicted molar refractivity (Wildman–Crippen MR) is 153 cm³/mol. The molecule has 7 atom stereocenters. The van der Waals surface area contributed by atoms with E-state index in [1.807, 2.05) is 13.0 Å². The molecule has 0 heterocycles. The van der Waals surface area contributed by atoms with Crippen molar-refractivity contribution in [2.75, 3.05) is 0 Å². The van der Waals surface area contributed by atoms with E-state index >= 15 is 0 Å². The topological polar surface area (TPSA) is 80.9 Å². The van der Waals surface area contributed by atoms with E-state index in [2.05, 4.69) is 19.6 Å². The third kappa shape index (κ3) is 7.50. The smallest absolute Gasteiger partial charge is 0.393 e. The first-order valence-electron chi connectivity index (χ1n) is 17.4. The number of halogens is 3. The van der Waals surface area contributed by atoms with Gasteiger partial charge in [-0.1, -0.05) is 50.6 Å². The lowest BCUT2D eigenvalue weighted by molar-refractivity contribution is -0.232. The zero-order valence-electron chi connectivity index (χ0n) is 30.0. The summed E-state index contributed by atoms with van der Waals surface area (Å²) in [5.41, 5.74) is -4.36. The molecule has 3 aliphatic carbocycles. The van der Waals surface area contributed by atoms with E-state index < -0.39 is 55.1 Å². The first-order valence-corrected chi connectivity index (χ1v) is 14.4. The van der Waals surface area contributed by atoms with Crippen molar-refractivity contribution < 1.29 is 41.8 Å². The van der Waals surface area contributed by atoms with E-state index in [0.717, 1.165) is 43.8 Å². The molecule has 0 saturated heterocycles. The van der Waals surface area contributed by atoms with Gasteiger partial charge in [0.15, 0.2) is 5.60 Å². The van der Waals surface area contributed by atoms with Gasteiger partial charge in [0.1, 0.15) is 0 Å². The van der Waals surface area contributed by atoms with Crippen LogP contribution in [0.1, 0.15) is 113 Å². The Morgan fingerprint density at radius 2 is 1.80 bits per heavy atom. The van der Waals surface area contributed by atoms with Gasteiger partial charge in [-0.2, -0.15) is 13.2 Å². The Hall–Kier alpha value is -1.41. The second kappa shape index (κ2) is 12.1. The highest BCUT2D eigenvalue weighted by atomic mass is 19.4. The molecular weight excluding hydrogens is 517 g/mol. The minimum Gasteiger partial charge on any atom is -0.393 e. The molecule has 3 aliphatic rings. The molecular formula is C33H51F3O4. The first-order chi connectivity index (χ1) is 20.8. The summed E-state index contributed by atoms with van der Waals surface area (Å²) < 4.78 is 86.7. The van der Waals surface area contributed by atoms with Crippen LogP contribution in [0.3, 0.4) is 0 Å². The number of hydrogen-bond donors (Lipinski definition) is 4. The highest BCUT2D eigenvalue weighted by molar-refractivity contribution is 5.38. The molecule has 0 aromatic rings. The van der Waals surface area contributed by atoms with E-state index in [1.54, 1.807) is 0 Å². The van der Waals surface area contributed by atoms with E-state index in [-0.39, 0.29) is 42.9 Å². The van der Waals surface area contributed by atoms with Crippen LogP contribution in [0.15, 0.2) is 47.6 Å². The molecule has 0 bridgehead atoms. The fourth-order valence-corrected chi connectivity index (χ4v) is 7.67. The average molecular weight is 575 g/mol. The maximum atomic E-state index is 13.4. The molecule has 4 nitrogen and oxygen atoms in total. The Morgan fingerprint density at radius 3 is 2.45 bits per heavy atom. The van der Waals surface area contributed by atoms with Gasteiger partial charge in [0, 0.05) is 14.6 Å². The van der Waals surface area contributed by atoms with Gasteiger partial charge in [0.2, 0.25) is 0 Å². The molecule has 0 radical (unpaired) electrons. The summed E-state index contributed by atoms with van der Waals surface area (Å²) in [4.78, 5) is 0. The van der Waals surface area contributed by atoms with Gasteiger partial charge in [-0.25, -0.2) is 0 Å². The largest absolute Gasteiger partial charge is 0.420 e. The van der Waals surface area contributed by atoms with E-state index in [9.17, 15) is 33.6 Å². The monoisotopic (exact) mass is 574 g/mol. The summed E-state index contributed by atoms with van der Waals surface area (Å²) in [7, 11) is 0. The third-order valence-corrected chi connectivity index (χ3v) is 9.96. The normalized spacial score (nSPS) is 38.1. The van der Waals surface area contributed by atoms with E-state index in [1.165, 1.54) is 11.6 Å². The van der Waals surface area contributed by atoms with Crippen LogP contribution < -0.4 is 0 Å². The summed E-state index contributed by atoms with van der Waals surface area (Å²) in [5.74, 6) is 0.113. The summed E-state index contributed by atoms with van der Waals surface area (Å²) in [5, 5.41) is 41.3. The number of fused-ring (bicyclic) bond motifs is 1. The molecule has 0 amide bonds. The number of rotatable bonds is 9.